The maximum atomic E-state index is 5.45. The third kappa shape index (κ3) is 24.4. The Balaban J connectivity index is 0.000000426. The van der Waals surface area contributed by atoms with Crippen LogP contribution >= 0.6 is 0 Å². The van der Waals surface area contributed by atoms with E-state index in [1.54, 1.807) is 11.1 Å². The minimum absolute atomic E-state index is 0.761. The minimum atomic E-state index is 0.761. The molecule has 8 heteroatoms. The monoisotopic (exact) mass is 1010 g/mol. The maximum Gasteiger partial charge on any atom is 0.161 e. The number of hydrogen-bond acceptors (Lipinski definition) is 8. The molecule has 408 valence electrons. The van der Waals surface area contributed by atoms with Gasteiger partial charge in [-0.05, 0) is 129 Å². The van der Waals surface area contributed by atoms with Gasteiger partial charge < -0.3 is 33.5 Å². The molecule has 0 spiro atoms. The van der Waals surface area contributed by atoms with Crippen molar-refractivity contribution in [2.24, 2.45) is 0 Å². The van der Waals surface area contributed by atoms with Crippen molar-refractivity contribution in [2.45, 2.75) is 147 Å². The SMILES string of the molecule is CC.CC.CC.CC.CC.CC.CN1CCOc2ccccc21.CN1CCc2ccccc2C1.c1ccc2c(c1)CCC2.c1ccc2c(c1)CCCO2.c1ccc2c(c1)OCCCO2.c1cnc2c(c1)OCCC2. The summed E-state index contributed by atoms with van der Waals surface area (Å²) in [7, 11) is 4.26. The van der Waals surface area contributed by atoms with Crippen LogP contribution in [0, 0.1) is 0 Å². The van der Waals surface area contributed by atoms with Crippen LogP contribution in [0.1, 0.15) is 142 Å². The molecule has 0 saturated heterocycles. The number of ether oxygens (including phenoxy) is 5. The van der Waals surface area contributed by atoms with Gasteiger partial charge in [-0.2, -0.15) is 0 Å². The molecule has 8 nitrogen and oxygen atoms in total. The van der Waals surface area contributed by atoms with Gasteiger partial charge in [-0.1, -0.05) is 174 Å². The second-order valence-corrected chi connectivity index (χ2v) is 16.1. The number of fused-ring (bicyclic) bond motifs is 6. The molecule has 6 aliphatic rings. The molecule has 0 atom stereocenters. The summed E-state index contributed by atoms with van der Waals surface area (Å²) >= 11 is 0. The highest BCUT2D eigenvalue weighted by molar-refractivity contribution is 5.59. The Morgan fingerprint density at radius 1 is 0.338 bits per heavy atom. The lowest BCUT2D eigenvalue weighted by molar-refractivity contribution is 0.285. The first-order valence-corrected chi connectivity index (χ1v) is 28.5. The van der Waals surface area contributed by atoms with E-state index in [0.29, 0.717) is 0 Å². The van der Waals surface area contributed by atoms with E-state index >= 15 is 0 Å². The van der Waals surface area contributed by atoms with E-state index in [2.05, 4.69) is 95.6 Å². The van der Waals surface area contributed by atoms with Gasteiger partial charge in [-0.3, -0.25) is 4.98 Å². The molecule has 0 fully saturated rings. The van der Waals surface area contributed by atoms with E-state index in [0.717, 1.165) is 106 Å². The van der Waals surface area contributed by atoms with Crippen LogP contribution in [0.25, 0.3) is 0 Å². The lowest BCUT2D eigenvalue weighted by atomic mass is 10.0. The van der Waals surface area contributed by atoms with E-state index in [1.807, 2.05) is 156 Å². The molecule has 5 aliphatic heterocycles. The Kier molecular flexibility index (Phi) is 38.7. The molecule has 6 aromatic rings. The van der Waals surface area contributed by atoms with Crippen molar-refractivity contribution in [3.8, 4) is 28.7 Å². The van der Waals surface area contributed by atoms with Crippen molar-refractivity contribution in [1.82, 2.24) is 9.88 Å². The van der Waals surface area contributed by atoms with E-state index in [1.165, 1.54) is 61.0 Å². The lowest BCUT2D eigenvalue weighted by Crippen LogP contribution is -2.28. The first-order valence-electron chi connectivity index (χ1n) is 28.5. The lowest BCUT2D eigenvalue weighted by Gasteiger charge is -2.27. The van der Waals surface area contributed by atoms with Crippen molar-refractivity contribution in [1.29, 1.82) is 0 Å². The quantitative estimate of drug-likeness (QED) is 0.149. The Morgan fingerprint density at radius 3 is 1.30 bits per heavy atom. The predicted octanol–water partition coefficient (Wildman–Crippen LogP) is 16.8. The van der Waals surface area contributed by atoms with Crippen LogP contribution in [-0.2, 0) is 38.6 Å². The summed E-state index contributed by atoms with van der Waals surface area (Å²) in [6.45, 7) is 31.4. The van der Waals surface area contributed by atoms with Gasteiger partial charge in [0.05, 0.1) is 44.4 Å². The smallest absolute Gasteiger partial charge is 0.161 e. The van der Waals surface area contributed by atoms with Crippen LogP contribution in [0.2, 0.25) is 0 Å². The zero-order chi connectivity index (χ0) is 54.6. The average molecular weight is 1010 g/mol. The number of pyridine rings is 1. The van der Waals surface area contributed by atoms with Gasteiger partial charge in [0.25, 0.3) is 0 Å². The van der Waals surface area contributed by atoms with Crippen LogP contribution < -0.4 is 28.6 Å². The zero-order valence-corrected chi connectivity index (χ0v) is 48.7. The van der Waals surface area contributed by atoms with Gasteiger partial charge in [0, 0.05) is 32.8 Å². The fourth-order valence-electron chi connectivity index (χ4n) is 8.03. The highest BCUT2D eigenvalue weighted by Crippen LogP contribution is 2.30. The summed E-state index contributed by atoms with van der Waals surface area (Å²) in [5.74, 6) is 4.78. The molecular weight excluding hydrogens is 915 g/mol. The van der Waals surface area contributed by atoms with Gasteiger partial charge >= 0.3 is 0 Å². The Labute approximate surface area is 451 Å². The Hall–Kier alpha value is -5.99. The van der Waals surface area contributed by atoms with E-state index in [9.17, 15) is 0 Å². The third-order valence-electron chi connectivity index (χ3n) is 11.4. The molecule has 0 bridgehead atoms. The Bertz CT molecular complexity index is 2110. The van der Waals surface area contributed by atoms with Gasteiger partial charge in [-0.25, -0.2) is 0 Å². The molecule has 0 saturated carbocycles. The molecule has 1 aliphatic carbocycles. The van der Waals surface area contributed by atoms with E-state index in [4.69, 9.17) is 23.7 Å². The molecule has 12 rings (SSSR count). The molecule has 0 unspecified atom stereocenters. The summed E-state index contributed by atoms with van der Waals surface area (Å²) < 4.78 is 27.1. The van der Waals surface area contributed by atoms with Gasteiger partial charge in [0.2, 0.25) is 0 Å². The summed E-state index contributed by atoms with van der Waals surface area (Å²) in [6, 6.07) is 45.5. The summed E-state index contributed by atoms with van der Waals surface area (Å²) in [5, 5.41) is 0. The van der Waals surface area contributed by atoms with Crippen molar-refractivity contribution in [3.05, 3.63) is 173 Å². The zero-order valence-electron chi connectivity index (χ0n) is 48.7. The van der Waals surface area contributed by atoms with Gasteiger partial charge in [0.15, 0.2) is 11.5 Å². The van der Waals surface area contributed by atoms with Gasteiger partial charge in [-0.15, -0.1) is 0 Å². The first kappa shape index (κ1) is 66.0. The number of rotatable bonds is 0. The van der Waals surface area contributed by atoms with Crippen LogP contribution in [0.4, 0.5) is 5.69 Å². The standard InChI is InChI=1S/C10H13N.C9H11NO.C9H10O2.C9H10O.C9H10.C8H9NO.6C2H6/c1-11-7-6-9-4-2-3-5-10(9)8-11;1-10-6-7-11-9-5-3-2-4-8(9)10;1-2-5-9-8(4-1)10-6-3-7-11-9;1-2-6-9-8(4-1)5-3-7-10-9;1-2-5-9-7-3-6-8(9)4-1;1-4-8-7(9-5-1)3-2-6-10-8;6*1-2/h2-5H,6-8H2,1H3;2-5H,6-7H2,1H3;1-2,4-5H,3,6-7H2;1-2,4,6H,3,5,7H2;1-2,4-5H,3,6-7H2;1,4-5H,2-3,6H2;6*1-2H3. The van der Waals surface area contributed by atoms with Crippen LogP contribution in [-0.4, -0.2) is 70.1 Å². The minimum Gasteiger partial charge on any atom is -0.493 e. The molecule has 74 heavy (non-hydrogen) atoms. The number of benzene rings is 5. The Morgan fingerprint density at radius 2 is 0.743 bits per heavy atom. The molecule has 0 radical (unpaired) electrons. The molecule has 0 N–H and O–H groups in total. The second-order valence-electron chi connectivity index (χ2n) is 16.1. The molecule has 6 heterocycles. The topological polar surface area (TPSA) is 65.5 Å². The molecule has 0 amide bonds. The maximum absolute atomic E-state index is 5.45. The second kappa shape index (κ2) is 43.4. The van der Waals surface area contributed by atoms with Crippen molar-refractivity contribution in [3.63, 3.8) is 0 Å². The highest BCUT2D eigenvalue weighted by atomic mass is 16.5. The number of aryl methyl sites for hydroxylation is 4. The third-order valence-corrected chi connectivity index (χ3v) is 11.4. The summed E-state index contributed by atoms with van der Waals surface area (Å²) in [5.41, 5.74) is 9.82. The number of anilines is 1. The van der Waals surface area contributed by atoms with E-state index < -0.39 is 0 Å². The number of nitrogens with zero attached hydrogens (tertiary/aromatic N) is 3. The molecule has 1 aromatic heterocycles. The number of aromatic nitrogens is 1. The summed E-state index contributed by atoms with van der Waals surface area (Å²) in [4.78, 5) is 8.76. The van der Waals surface area contributed by atoms with Gasteiger partial charge in [0.1, 0.15) is 23.9 Å². The van der Waals surface area contributed by atoms with Crippen LogP contribution in [0.3, 0.4) is 0 Å². The molecule has 5 aromatic carbocycles. The normalized spacial score (nSPS) is 13.9. The van der Waals surface area contributed by atoms with E-state index in [-0.39, 0.29) is 0 Å². The predicted molar refractivity (Wildman–Crippen MR) is 319 cm³/mol. The number of likely N-dealkylation sites (N-methyl/N-ethyl adjacent to an activating group) is 2. The van der Waals surface area contributed by atoms with Crippen LogP contribution in [0.5, 0.6) is 28.7 Å². The molecular formula is C66H99N3O5. The number of hydrogen-bond donors (Lipinski definition) is 0. The largest absolute Gasteiger partial charge is 0.493 e. The average Bonchev–Trinajstić information content (AvgIpc) is 3.86. The fraction of sp³-hybridized carbons (Fsp3) is 0.470. The summed E-state index contributed by atoms with van der Waals surface area (Å²) in [6.07, 6.45) is 12.5. The van der Waals surface area contributed by atoms with Crippen molar-refractivity contribution in [2.75, 3.05) is 65.1 Å². The van der Waals surface area contributed by atoms with Crippen molar-refractivity contribution < 1.29 is 23.7 Å². The fourth-order valence-corrected chi connectivity index (χ4v) is 8.03. The van der Waals surface area contributed by atoms with Crippen molar-refractivity contribution >= 4 is 5.69 Å². The van der Waals surface area contributed by atoms with Crippen LogP contribution in [0.15, 0.2) is 140 Å². The number of para-hydroxylation sites is 5. The first-order chi connectivity index (χ1) is 36.6. The highest BCUT2D eigenvalue weighted by Gasteiger charge is 2.14.